The van der Waals surface area contributed by atoms with E-state index in [2.05, 4.69) is 5.32 Å². The van der Waals surface area contributed by atoms with Crippen LogP contribution in [-0.4, -0.2) is 64.5 Å². The van der Waals surface area contributed by atoms with Crippen molar-refractivity contribution in [3.63, 3.8) is 0 Å². The Kier molecular flexibility index (Phi) is 6.68. The molecule has 1 atom stereocenters. The number of amides is 2. The van der Waals surface area contributed by atoms with Crippen molar-refractivity contribution >= 4 is 33.2 Å². The van der Waals surface area contributed by atoms with E-state index >= 15 is 0 Å². The average Bonchev–Trinajstić information content (AvgIpc) is 3.22. The zero-order valence-electron chi connectivity index (χ0n) is 18.6. The van der Waals surface area contributed by atoms with Crippen molar-refractivity contribution < 1.29 is 27.5 Å². The van der Waals surface area contributed by atoms with Gasteiger partial charge in [0.2, 0.25) is 21.8 Å². The second-order valence-electron chi connectivity index (χ2n) is 8.09. The third kappa shape index (κ3) is 4.87. The Labute approximate surface area is 193 Å². The lowest BCUT2D eigenvalue weighted by Gasteiger charge is -2.26. The molecule has 2 amide bonds. The topological polar surface area (TPSA) is 105 Å². The summed E-state index contributed by atoms with van der Waals surface area (Å²) in [6.07, 6.45) is 0.0772. The van der Waals surface area contributed by atoms with Crippen LogP contribution in [-0.2, 0) is 24.3 Å². The number of anilines is 2. The zero-order chi connectivity index (χ0) is 23.6. The number of carbonyl (C=O) groups is 2. The quantitative estimate of drug-likeness (QED) is 0.688. The molecule has 0 aliphatic carbocycles. The average molecular weight is 474 g/mol. The summed E-state index contributed by atoms with van der Waals surface area (Å²) in [7, 11) is -2.14. The highest BCUT2D eigenvalue weighted by atomic mass is 32.2. The third-order valence-electron chi connectivity index (χ3n) is 5.94. The smallest absolute Gasteiger partial charge is 0.243 e. The Balaban J connectivity index is 1.49. The van der Waals surface area contributed by atoms with Gasteiger partial charge in [-0.15, -0.1) is 0 Å². The summed E-state index contributed by atoms with van der Waals surface area (Å²) >= 11 is 0. The molecule has 2 aromatic carbocycles. The minimum Gasteiger partial charge on any atom is -0.497 e. The van der Waals surface area contributed by atoms with E-state index in [0.717, 1.165) is 5.56 Å². The van der Waals surface area contributed by atoms with Gasteiger partial charge in [0.05, 0.1) is 31.1 Å². The van der Waals surface area contributed by atoms with Crippen LogP contribution in [0.4, 0.5) is 11.4 Å². The number of benzene rings is 2. The summed E-state index contributed by atoms with van der Waals surface area (Å²) in [4.78, 5) is 27.2. The maximum absolute atomic E-state index is 13.0. The highest BCUT2D eigenvalue weighted by Gasteiger charge is 2.35. The normalized spacial score (nSPS) is 19.5. The van der Waals surface area contributed by atoms with Crippen molar-refractivity contribution in [1.82, 2.24) is 4.31 Å². The van der Waals surface area contributed by atoms with Gasteiger partial charge in [-0.25, -0.2) is 8.42 Å². The van der Waals surface area contributed by atoms with Gasteiger partial charge >= 0.3 is 0 Å². The molecule has 33 heavy (non-hydrogen) atoms. The fourth-order valence-electron chi connectivity index (χ4n) is 3.98. The van der Waals surface area contributed by atoms with E-state index in [1.54, 1.807) is 55.3 Å². The molecule has 1 unspecified atom stereocenters. The lowest BCUT2D eigenvalue weighted by atomic mass is 10.1. The van der Waals surface area contributed by atoms with Crippen LogP contribution >= 0.6 is 0 Å². The van der Waals surface area contributed by atoms with Gasteiger partial charge in [-0.2, -0.15) is 4.31 Å². The summed E-state index contributed by atoms with van der Waals surface area (Å²) < 4.78 is 37.8. The molecule has 4 rings (SSSR count). The molecule has 176 valence electrons. The highest BCUT2D eigenvalue weighted by molar-refractivity contribution is 7.89. The summed E-state index contributed by atoms with van der Waals surface area (Å²) in [5, 5.41) is 2.83. The molecule has 0 saturated carbocycles. The summed E-state index contributed by atoms with van der Waals surface area (Å²) in [6, 6.07) is 11.8. The number of sulfonamides is 1. The van der Waals surface area contributed by atoms with Crippen LogP contribution in [0.25, 0.3) is 0 Å². The second kappa shape index (κ2) is 9.50. The van der Waals surface area contributed by atoms with Crippen molar-refractivity contribution in [2.24, 2.45) is 5.92 Å². The van der Waals surface area contributed by atoms with Crippen LogP contribution in [0.1, 0.15) is 12.0 Å². The molecule has 0 aromatic heterocycles. The monoisotopic (exact) mass is 473 g/mol. The standard InChI is InChI=1S/C23H27N3O6S/c1-16-6-7-20(33(29,30)25-8-10-32-11-9-25)14-21(16)24-23(28)17-12-22(27)26(15-17)18-4-3-5-19(13-18)31-2/h3-7,13-14,17H,8-12,15H2,1-2H3,(H,24,28). The van der Waals surface area contributed by atoms with Gasteiger partial charge in [0.1, 0.15) is 5.75 Å². The molecule has 2 saturated heterocycles. The first-order valence-corrected chi connectivity index (χ1v) is 12.2. The van der Waals surface area contributed by atoms with E-state index in [0.29, 0.717) is 43.4 Å². The molecule has 9 nitrogen and oxygen atoms in total. The fourth-order valence-corrected chi connectivity index (χ4v) is 5.41. The number of nitrogens with zero attached hydrogens (tertiary/aromatic N) is 2. The minimum atomic E-state index is -3.69. The largest absolute Gasteiger partial charge is 0.497 e. The van der Waals surface area contributed by atoms with E-state index < -0.39 is 15.9 Å². The lowest BCUT2D eigenvalue weighted by molar-refractivity contribution is -0.122. The van der Waals surface area contributed by atoms with E-state index in [9.17, 15) is 18.0 Å². The van der Waals surface area contributed by atoms with Gasteiger partial charge in [0, 0.05) is 43.5 Å². The molecule has 2 heterocycles. The van der Waals surface area contributed by atoms with E-state index in [4.69, 9.17) is 9.47 Å². The Bertz CT molecular complexity index is 1160. The predicted molar refractivity (Wildman–Crippen MR) is 123 cm³/mol. The van der Waals surface area contributed by atoms with Gasteiger partial charge in [-0.3, -0.25) is 9.59 Å². The maximum Gasteiger partial charge on any atom is 0.243 e. The summed E-state index contributed by atoms with van der Waals surface area (Å²) in [5.74, 6) is -0.397. The zero-order valence-corrected chi connectivity index (χ0v) is 19.4. The first kappa shape index (κ1) is 23.2. The van der Waals surface area contributed by atoms with Gasteiger partial charge in [-0.1, -0.05) is 12.1 Å². The summed E-state index contributed by atoms with van der Waals surface area (Å²) in [6.45, 7) is 3.33. The third-order valence-corrected chi connectivity index (χ3v) is 7.83. The molecule has 0 bridgehead atoms. The Morgan fingerprint density at radius 2 is 1.91 bits per heavy atom. The first-order chi connectivity index (χ1) is 15.8. The summed E-state index contributed by atoms with van der Waals surface area (Å²) in [5.41, 5.74) is 1.82. The van der Waals surface area contributed by atoms with Crippen molar-refractivity contribution in [3.8, 4) is 5.75 Å². The number of rotatable bonds is 6. The molecular weight excluding hydrogens is 446 g/mol. The number of hydrogen-bond acceptors (Lipinski definition) is 6. The van der Waals surface area contributed by atoms with Gasteiger partial charge in [0.25, 0.3) is 0 Å². The van der Waals surface area contributed by atoms with Crippen LogP contribution in [0.5, 0.6) is 5.75 Å². The maximum atomic E-state index is 13.0. The number of ether oxygens (including phenoxy) is 2. The van der Waals surface area contributed by atoms with E-state index in [1.165, 1.54) is 10.4 Å². The Morgan fingerprint density at radius 1 is 1.15 bits per heavy atom. The number of carbonyl (C=O) groups excluding carboxylic acids is 2. The number of nitrogens with one attached hydrogen (secondary N) is 1. The molecule has 0 radical (unpaired) electrons. The molecule has 2 aliphatic heterocycles. The fraction of sp³-hybridized carbons (Fsp3) is 0.391. The predicted octanol–water partition coefficient (Wildman–Crippen LogP) is 2.02. The van der Waals surface area contributed by atoms with E-state index in [1.807, 2.05) is 0 Å². The number of morpholine rings is 1. The Hall–Kier alpha value is -2.95. The van der Waals surface area contributed by atoms with Crippen LogP contribution in [0.15, 0.2) is 47.4 Å². The van der Waals surface area contributed by atoms with Crippen molar-refractivity contribution in [2.75, 3.05) is 50.2 Å². The van der Waals surface area contributed by atoms with Crippen LogP contribution in [0.2, 0.25) is 0 Å². The minimum absolute atomic E-state index is 0.0772. The van der Waals surface area contributed by atoms with Crippen molar-refractivity contribution in [1.29, 1.82) is 0 Å². The van der Waals surface area contributed by atoms with E-state index in [-0.39, 0.29) is 29.7 Å². The van der Waals surface area contributed by atoms with Crippen LogP contribution < -0.4 is 15.0 Å². The number of methoxy groups -OCH3 is 1. The van der Waals surface area contributed by atoms with Crippen LogP contribution in [0.3, 0.4) is 0 Å². The van der Waals surface area contributed by atoms with Gasteiger partial charge in [0.15, 0.2) is 0 Å². The first-order valence-electron chi connectivity index (χ1n) is 10.7. The molecule has 2 fully saturated rings. The molecular formula is C23H27N3O6S. The Morgan fingerprint density at radius 3 is 2.64 bits per heavy atom. The van der Waals surface area contributed by atoms with Gasteiger partial charge < -0.3 is 19.7 Å². The SMILES string of the molecule is COc1cccc(N2CC(C(=O)Nc3cc(S(=O)(=O)N4CCOCC4)ccc3C)CC2=O)c1. The molecule has 2 aromatic rings. The molecule has 1 N–H and O–H groups in total. The van der Waals surface area contributed by atoms with Crippen molar-refractivity contribution in [3.05, 3.63) is 48.0 Å². The van der Waals surface area contributed by atoms with Crippen LogP contribution in [0, 0.1) is 12.8 Å². The molecule has 0 spiro atoms. The highest BCUT2D eigenvalue weighted by Crippen LogP contribution is 2.29. The number of aryl methyl sites for hydroxylation is 1. The number of hydrogen-bond donors (Lipinski definition) is 1. The molecule has 10 heteroatoms. The second-order valence-corrected chi connectivity index (χ2v) is 10.0. The lowest BCUT2D eigenvalue weighted by Crippen LogP contribution is -2.40. The molecule has 2 aliphatic rings. The van der Waals surface area contributed by atoms with Gasteiger partial charge in [-0.05, 0) is 36.8 Å². The van der Waals surface area contributed by atoms with Crippen molar-refractivity contribution in [2.45, 2.75) is 18.2 Å².